The van der Waals surface area contributed by atoms with Gasteiger partial charge in [-0.1, -0.05) is 59.8 Å². The van der Waals surface area contributed by atoms with E-state index in [4.69, 9.17) is 9.47 Å². The smallest absolute Gasteiger partial charge is 0.260 e. The van der Waals surface area contributed by atoms with Crippen molar-refractivity contribution >= 4 is 27.5 Å². The lowest BCUT2D eigenvalue weighted by Crippen LogP contribution is -2.68. The van der Waals surface area contributed by atoms with Gasteiger partial charge in [0.05, 0.1) is 12.7 Å². The van der Waals surface area contributed by atoms with Crippen molar-refractivity contribution in [2.75, 3.05) is 12.0 Å². The van der Waals surface area contributed by atoms with E-state index in [2.05, 4.69) is 48.5 Å². The third kappa shape index (κ3) is 3.88. The van der Waals surface area contributed by atoms with Crippen molar-refractivity contribution in [3.63, 3.8) is 0 Å². The second-order valence-electron chi connectivity index (χ2n) is 10.3. The van der Waals surface area contributed by atoms with Crippen LogP contribution >= 0.6 is 15.9 Å². The number of carbonyl (C=O) groups is 1. The third-order valence-corrected chi connectivity index (χ3v) is 9.31. The number of amides is 1. The molecule has 3 aliphatic rings. The second kappa shape index (κ2) is 8.18. The molecule has 33 heavy (non-hydrogen) atoms. The molecule has 1 aliphatic heterocycles. The average molecular weight is 508 g/mol. The Bertz CT molecular complexity index is 1100. The average Bonchev–Trinajstić information content (AvgIpc) is 3.33. The Labute approximate surface area is 204 Å². The molecule has 2 saturated carbocycles. The van der Waals surface area contributed by atoms with E-state index in [1.807, 2.05) is 54.6 Å². The lowest BCUT2D eigenvalue weighted by atomic mass is 9.85. The fourth-order valence-electron chi connectivity index (χ4n) is 5.61. The van der Waals surface area contributed by atoms with E-state index in [0.717, 1.165) is 35.8 Å². The maximum Gasteiger partial charge on any atom is 0.260 e. The molecule has 0 aromatic heterocycles. The van der Waals surface area contributed by atoms with Gasteiger partial charge >= 0.3 is 0 Å². The zero-order valence-corrected chi connectivity index (χ0v) is 21.1. The third-order valence-electron chi connectivity index (χ3n) is 7.97. The molecule has 2 aromatic rings. The van der Waals surface area contributed by atoms with Crippen molar-refractivity contribution in [2.45, 2.75) is 56.2 Å². The summed E-state index contributed by atoms with van der Waals surface area (Å²) in [7, 11) is 1.63. The molecule has 1 heterocycles. The van der Waals surface area contributed by atoms with Crippen LogP contribution in [0.3, 0.4) is 0 Å². The number of hydrogen-bond acceptors (Lipinski definition) is 3. The van der Waals surface area contributed by atoms with Crippen LogP contribution in [0.4, 0.5) is 5.69 Å². The fraction of sp³-hybridized carbons (Fsp3) is 0.464. The van der Waals surface area contributed by atoms with Crippen LogP contribution in [-0.4, -0.2) is 35.6 Å². The summed E-state index contributed by atoms with van der Waals surface area (Å²) in [5.41, 5.74) is 1.70. The predicted molar refractivity (Wildman–Crippen MR) is 134 cm³/mol. The normalized spacial score (nSPS) is 33.9. The van der Waals surface area contributed by atoms with E-state index in [9.17, 15) is 4.79 Å². The number of halogens is 1. The Balaban J connectivity index is 1.42. The fourth-order valence-corrected chi connectivity index (χ4v) is 6.30. The number of hydrogen-bond donors (Lipinski definition) is 0. The highest BCUT2D eigenvalue weighted by molar-refractivity contribution is 9.09. The van der Waals surface area contributed by atoms with Gasteiger partial charge in [-0.2, -0.15) is 0 Å². The van der Waals surface area contributed by atoms with E-state index >= 15 is 0 Å². The largest absolute Gasteiger partial charge is 0.497 e. The van der Waals surface area contributed by atoms with Gasteiger partial charge in [0, 0.05) is 16.1 Å². The molecule has 1 amide bonds. The molecular weight excluding hydrogens is 478 g/mol. The standard InChI is InChI=1S/C28H30BrNO3/c1-27(2)21-16-24(29)28(3,17-22(21)27)33-25-23(15-10-18-8-6-5-7-9-18)30(26(25)31)19-11-13-20(32-4)14-12-19/h5-9,11-14,21-25H,16-17H2,1-4H3/t21-,22+,23+,24-,25+,28+/m0/s1. The molecule has 0 N–H and O–H groups in total. The second-order valence-corrected chi connectivity index (χ2v) is 11.4. The van der Waals surface area contributed by atoms with E-state index < -0.39 is 11.7 Å². The summed E-state index contributed by atoms with van der Waals surface area (Å²) in [6.45, 7) is 6.85. The van der Waals surface area contributed by atoms with Crippen LogP contribution in [0.15, 0.2) is 54.6 Å². The monoisotopic (exact) mass is 507 g/mol. The summed E-state index contributed by atoms with van der Waals surface area (Å²) in [4.78, 5) is 15.3. The highest BCUT2D eigenvalue weighted by atomic mass is 79.9. The summed E-state index contributed by atoms with van der Waals surface area (Å²) in [6.07, 6.45) is 1.47. The van der Waals surface area contributed by atoms with Crippen molar-refractivity contribution < 1.29 is 14.3 Å². The molecule has 5 rings (SSSR count). The maximum atomic E-state index is 13.4. The van der Waals surface area contributed by atoms with Crippen LogP contribution in [0.25, 0.3) is 0 Å². The number of alkyl halides is 1. The molecule has 1 saturated heterocycles. The first-order valence-electron chi connectivity index (χ1n) is 11.6. The molecule has 0 bridgehead atoms. The first kappa shape index (κ1) is 22.5. The van der Waals surface area contributed by atoms with Gasteiger partial charge in [0.1, 0.15) is 11.8 Å². The number of ether oxygens (including phenoxy) is 2. The van der Waals surface area contributed by atoms with Gasteiger partial charge in [-0.15, -0.1) is 0 Å². The number of fused-ring (bicyclic) bond motifs is 1. The van der Waals surface area contributed by atoms with Gasteiger partial charge in [0.2, 0.25) is 0 Å². The summed E-state index contributed by atoms with van der Waals surface area (Å²) in [6, 6.07) is 17.1. The van der Waals surface area contributed by atoms with Crippen LogP contribution in [0.2, 0.25) is 0 Å². The molecule has 4 nitrogen and oxygen atoms in total. The summed E-state index contributed by atoms with van der Waals surface area (Å²) in [5.74, 6) is 8.69. The molecule has 0 radical (unpaired) electrons. The minimum atomic E-state index is -0.577. The number of benzene rings is 2. The van der Waals surface area contributed by atoms with Crippen LogP contribution in [0.1, 0.15) is 39.2 Å². The molecule has 2 aliphatic carbocycles. The summed E-state index contributed by atoms with van der Waals surface area (Å²) in [5, 5.41) is 0. The number of methoxy groups -OCH3 is 1. The summed E-state index contributed by atoms with van der Waals surface area (Å²) >= 11 is 3.90. The highest BCUT2D eigenvalue weighted by Gasteiger charge is 2.65. The van der Waals surface area contributed by atoms with Crippen molar-refractivity contribution in [3.8, 4) is 17.6 Å². The number of nitrogens with zero attached hydrogens (tertiary/aromatic N) is 1. The van der Waals surface area contributed by atoms with E-state index in [1.165, 1.54) is 0 Å². The Morgan fingerprint density at radius 1 is 1.03 bits per heavy atom. The van der Waals surface area contributed by atoms with Gasteiger partial charge in [-0.25, -0.2) is 0 Å². The van der Waals surface area contributed by atoms with Crippen molar-refractivity contribution in [2.24, 2.45) is 17.3 Å². The quantitative estimate of drug-likeness (QED) is 0.314. The molecule has 3 fully saturated rings. The number of rotatable bonds is 4. The Morgan fingerprint density at radius 3 is 2.39 bits per heavy atom. The topological polar surface area (TPSA) is 38.8 Å². The van der Waals surface area contributed by atoms with Gasteiger partial charge in [0.25, 0.3) is 5.91 Å². The van der Waals surface area contributed by atoms with Crippen LogP contribution < -0.4 is 9.64 Å². The lowest BCUT2D eigenvalue weighted by Gasteiger charge is -2.49. The van der Waals surface area contributed by atoms with Crippen molar-refractivity contribution in [1.82, 2.24) is 0 Å². The molecule has 2 aromatic carbocycles. The van der Waals surface area contributed by atoms with E-state index in [0.29, 0.717) is 11.3 Å². The number of carbonyl (C=O) groups excluding carboxylic acids is 1. The highest BCUT2D eigenvalue weighted by Crippen LogP contribution is 2.68. The van der Waals surface area contributed by atoms with Gasteiger partial charge in [-0.05, 0) is 73.4 Å². The minimum absolute atomic E-state index is 0.0364. The molecular formula is C28H30BrNO3. The summed E-state index contributed by atoms with van der Waals surface area (Å²) < 4.78 is 11.9. The molecule has 172 valence electrons. The lowest BCUT2D eigenvalue weighted by molar-refractivity contribution is -0.160. The molecule has 6 atom stereocenters. The van der Waals surface area contributed by atoms with Crippen LogP contribution in [0, 0.1) is 29.1 Å². The maximum absolute atomic E-state index is 13.4. The molecule has 5 heteroatoms. The predicted octanol–water partition coefficient (Wildman–Crippen LogP) is 5.44. The first-order chi connectivity index (χ1) is 15.7. The number of β-lactam (4-membered cyclic amide) rings is 1. The van der Waals surface area contributed by atoms with Gasteiger partial charge < -0.3 is 9.47 Å². The SMILES string of the molecule is COc1ccc(N2C(=O)[C@H](O[C@]3(C)C[C@@H]4[C@H](C[C@@H]3Br)C4(C)C)[C@H]2C#Cc2ccccc2)cc1. The van der Waals surface area contributed by atoms with Crippen LogP contribution in [0.5, 0.6) is 5.75 Å². The zero-order valence-electron chi connectivity index (χ0n) is 19.5. The zero-order chi connectivity index (χ0) is 23.4. The number of anilines is 1. The first-order valence-corrected chi connectivity index (χ1v) is 12.5. The van der Waals surface area contributed by atoms with Crippen molar-refractivity contribution in [3.05, 3.63) is 60.2 Å². The van der Waals surface area contributed by atoms with Gasteiger partial charge in [-0.3, -0.25) is 9.69 Å². The van der Waals surface area contributed by atoms with Crippen molar-refractivity contribution in [1.29, 1.82) is 0 Å². The van der Waals surface area contributed by atoms with Crippen LogP contribution in [-0.2, 0) is 9.53 Å². The Hall–Kier alpha value is -2.29. The van der Waals surface area contributed by atoms with E-state index in [1.54, 1.807) is 12.0 Å². The molecule has 0 spiro atoms. The Morgan fingerprint density at radius 2 is 1.73 bits per heavy atom. The Kier molecular flexibility index (Phi) is 5.58. The molecule has 0 unspecified atom stereocenters. The van der Waals surface area contributed by atoms with Gasteiger partial charge in [0.15, 0.2) is 6.10 Å². The van der Waals surface area contributed by atoms with E-state index in [-0.39, 0.29) is 16.8 Å². The minimum Gasteiger partial charge on any atom is -0.497 e.